The molecule has 1 heterocycles. The van der Waals surface area contributed by atoms with E-state index >= 15 is 0 Å². The fraction of sp³-hybridized carbons (Fsp3) is 0.571. The van der Waals surface area contributed by atoms with Gasteiger partial charge in [-0.3, -0.25) is 62.5 Å². The predicted octanol–water partition coefficient (Wildman–Crippen LogP) is 1.87. The second-order valence-electron chi connectivity index (χ2n) is 23.8. The Morgan fingerprint density at radius 1 is 0.629 bits per heavy atom. The molecule has 0 saturated heterocycles. The van der Waals surface area contributed by atoms with Crippen LogP contribution in [0, 0.1) is 29.6 Å². The number of amides is 7. The van der Waals surface area contributed by atoms with E-state index in [2.05, 4.69) is 41.9 Å². The number of carbonyl (C=O) groups is 12. The number of carboxylic acid groups (broad SMARTS) is 1. The Balaban J connectivity index is 1.27. The number of Topliss-reactive ketones (excluding diaryl/α,β-unsaturated/α-hetero) is 4. The van der Waals surface area contributed by atoms with Crippen LogP contribution in [0.3, 0.4) is 0 Å². The summed E-state index contributed by atoms with van der Waals surface area (Å²) in [5.41, 5.74) is 19.3. The van der Waals surface area contributed by atoms with Gasteiger partial charge < -0.3 is 69.4 Å². The van der Waals surface area contributed by atoms with Crippen molar-refractivity contribution in [2.75, 3.05) is 13.6 Å². The number of aromatic hydroxyl groups is 1. The van der Waals surface area contributed by atoms with Crippen molar-refractivity contribution in [3.05, 3.63) is 65.9 Å². The third-order valence-corrected chi connectivity index (χ3v) is 16.6. The molecule has 9 atom stereocenters. The zero-order valence-electron chi connectivity index (χ0n) is 51.0. The second kappa shape index (κ2) is 35.4. The largest absolute Gasteiger partial charge is 0.508 e. The number of rotatable bonds is 40. The summed E-state index contributed by atoms with van der Waals surface area (Å²) < 4.78 is 0. The Labute approximate surface area is 517 Å². The molecule has 2 aromatic carbocycles. The van der Waals surface area contributed by atoms with Crippen LogP contribution in [0.2, 0.25) is 0 Å². The number of ketones is 4. The number of carbonyl (C=O) groups excluding carboxylic acids is 11. The van der Waals surface area contributed by atoms with Gasteiger partial charge in [0.15, 0.2) is 29.1 Å². The van der Waals surface area contributed by atoms with Crippen molar-refractivity contribution in [3.63, 3.8) is 0 Å². The van der Waals surface area contributed by atoms with Crippen LogP contribution >= 0.6 is 0 Å². The number of nitrogens with two attached hydrogens (primary N) is 3. The first-order valence-electron chi connectivity index (χ1n) is 30.6. The first-order valence-corrected chi connectivity index (χ1v) is 30.6. The predicted molar refractivity (Wildman–Crippen MR) is 328 cm³/mol. The van der Waals surface area contributed by atoms with Crippen LogP contribution in [0.1, 0.15) is 147 Å². The molecule has 2 fully saturated rings. The van der Waals surface area contributed by atoms with Gasteiger partial charge in [-0.05, 0) is 86.6 Å². The second-order valence-corrected chi connectivity index (χ2v) is 23.8. The molecule has 0 bridgehead atoms. The van der Waals surface area contributed by atoms with Crippen molar-refractivity contribution in [3.8, 4) is 5.75 Å². The van der Waals surface area contributed by atoms with Crippen molar-refractivity contribution >= 4 is 87.3 Å². The zero-order chi connectivity index (χ0) is 65.3. The van der Waals surface area contributed by atoms with Crippen LogP contribution in [0.5, 0.6) is 5.75 Å². The van der Waals surface area contributed by atoms with Gasteiger partial charge in [0.05, 0.1) is 42.6 Å². The fourth-order valence-corrected chi connectivity index (χ4v) is 11.3. The molecular formula is C63H89N11O15. The number of hydrogen-bond donors (Lipinski definition) is 13. The van der Waals surface area contributed by atoms with Crippen LogP contribution in [0.4, 0.5) is 0 Å². The Bertz CT molecular complexity index is 3010. The van der Waals surface area contributed by atoms with Gasteiger partial charge in [0.1, 0.15) is 11.8 Å². The molecule has 89 heavy (non-hydrogen) atoms. The van der Waals surface area contributed by atoms with Gasteiger partial charge in [0.2, 0.25) is 41.4 Å². The number of aliphatic carboxylic acids is 1. The highest BCUT2D eigenvalue weighted by Crippen LogP contribution is 2.35. The quantitative estimate of drug-likeness (QED) is 0.0220. The number of carboxylic acids is 1. The molecule has 2 aliphatic rings. The van der Waals surface area contributed by atoms with Gasteiger partial charge in [-0.25, -0.2) is 0 Å². The summed E-state index contributed by atoms with van der Waals surface area (Å²) in [6, 6.07) is 6.97. The summed E-state index contributed by atoms with van der Waals surface area (Å²) in [6.07, 6.45) is 2.72. The van der Waals surface area contributed by atoms with Crippen molar-refractivity contribution < 1.29 is 72.9 Å². The summed E-state index contributed by atoms with van der Waals surface area (Å²) >= 11 is 0. The number of benzene rings is 2. The lowest BCUT2D eigenvalue weighted by Gasteiger charge is -2.29. The van der Waals surface area contributed by atoms with E-state index in [1.54, 1.807) is 6.20 Å². The SMILES string of the molecule is CN=C(N)NCCC[C@H](CC(=O)[C@H](CC1CC1)NC(=O)CCC(=O)[C@H](CC1CCCCC1)NC(=O)[C@@H](CC(=O)[C@H](CC(N)=O)NC(=O)[C@H](CCC(=O)O)CC(=O)[C@@H](Cc1ccc(O)cc1)NC(C)=O)[C@@H](C)O)C(=O)N[C@@H](Cc1c[nH]c2ccccc12)C(N)=O. The number of nitrogens with zero attached hydrogens (tertiary/aromatic N) is 1. The molecule has 0 unspecified atom stereocenters. The standard InChI is InChI=1S/C63H89N11O15/c1-35(75)45(32-55(81)50(33-56(64)82)72-61(88)41(19-24-58(84)85)31-53(79)48(70-36(2)76)27-39-17-20-43(77)21-18-39)62(89)73-47(26-37-10-5-4-6-11-37)52(78)22-23-57(83)71-49(28-38-15-16-38)54(80)30-40(12-9-25-68-63(66)67-3)60(87)74-51(59(65)86)29-42-34-69-46-14-8-7-13-44(42)46/h7-8,13-14,17-18,20-21,34-35,37-38,40-41,45,47-51,69,75,77H,4-6,9-12,15-16,19,22-33H2,1-3H3,(H2,64,82)(H2,65,86)(H,70,76)(H,71,83)(H,72,88)(H,73,89)(H,74,87)(H,84,85)(H3,66,67,68)/t35-,40-,41-,45+,47+,48-,49+,50+,51+/m1/s1. The van der Waals surface area contributed by atoms with E-state index in [0.717, 1.165) is 61.4 Å². The zero-order valence-corrected chi connectivity index (χ0v) is 51.0. The minimum atomic E-state index is -1.73. The summed E-state index contributed by atoms with van der Waals surface area (Å²) in [6.45, 7) is 2.71. The van der Waals surface area contributed by atoms with Crippen molar-refractivity contribution in [1.29, 1.82) is 0 Å². The summed E-state index contributed by atoms with van der Waals surface area (Å²) in [5.74, 6) is -13.2. The lowest BCUT2D eigenvalue weighted by atomic mass is 9.83. The molecule has 0 aliphatic heterocycles. The van der Waals surface area contributed by atoms with Crippen molar-refractivity contribution in [1.82, 2.24) is 36.9 Å². The van der Waals surface area contributed by atoms with Crippen LogP contribution < -0.4 is 49.1 Å². The molecule has 2 saturated carbocycles. The number of nitrogens with one attached hydrogen (secondary N) is 7. The number of aliphatic hydroxyl groups is 1. The summed E-state index contributed by atoms with van der Waals surface area (Å²) in [4.78, 5) is 169. The molecule has 486 valence electrons. The van der Waals surface area contributed by atoms with Gasteiger partial charge in [-0.2, -0.15) is 0 Å². The highest BCUT2D eigenvalue weighted by Gasteiger charge is 2.38. The number of primary amides is 2. The van der Waals surface area contributed by atoms with E-state index in [-0.39, 0.29) is 68.5 Å². The topological polar surface area (TPSA) is 444 Å². The number of para-hydroxylation sites is 1. The highest BCUT2D eigenvalue weighted by atomic mass is 16.4. The number of hydrogen-bond acceptors (Lipinski definition) is 15. The third kappa shape index (κ3) is 24.5. The maximum atomic E-state index is 14.3. The van der Waals surface area contributed by atoms with Gasteiger partial charge in [0.25, 0.3) is 0 Å². The number of fused-ring (bicyclic) bond motifs is 1. The van der Waals surface area contributed by atoms with Crippen LogP contribution in [0.25, 0.3) is 10.9 Å². The number of phenolic OH excluding ortho intramolecular Hbond substituents is 1. The average molecular weight is 1240 g/mol. The third-order valence-electron chi connectivity index (χ3n) is 16.6. The van der Waals surface area contributed by atoms with Crippen molar-refractivity contribution in [2.45, 2.75) is 185 Å². The van der Waals surface area contributed by atoms with E-state index in [0.29, 0.717) is 18.5 Å². The Kier molecular flexibility index (Phi) is 28.4. The minimum absolute atomic E-state index is 0.0127. The smallest absolute Gasteiger partial charge is 0.303 e. The number of aromatic nitrogens is 1. The van der Waals surface area contributed by atoms with Crippen LogP contribution in [0.15, 0.2) is 59.7 Å². The molecule has 7 amide bonds. The maximum absolute atomic E-state index is 14.3. The molecule has 26 nitrogen and oxygen atoms in total. The Hall–Kier alpha value is -8.55. The molecule has 3 aromatic rings. The molecular weight excluding hydrogens is 1150 g/mol. The monoisotopic (exact) mass is 1240 g/mol. The first-order chi connectivity index (χ1) is 42.3. The summed E-state index contributed by atoms with van der Waals surface area (Å²) in [5, 5.41) is 47.3. The molecule has 0 spiro atoms. The van der Waals surface area contributed by atoms with Crippen molar-refractivity contribution in [2.24, 2.45) is 51.8 Å². The highest BCUT2D eigenvalue weighted by molar-refractivity contribution is 5.99. The average Bonchev–Trinajstić information content (AvgIpc) is 2.91. The molecule has 1 aromatic heterocycles. The lowest BCUT2D eigenvalue weighted by molar-refractivity contribution is -0.139. The minimum Gasteiger partial charge on any atom is -0.508 e. The van der Waals surface area contributed by atoms with Gasteiger partial charge in [-0.1, -0.05) is 75.3 Å². The van der Waals surface area contributed by atoms with E-state index in [4.69, 9.17) is 17.2 Å². The van der Waals surface area contributed by atoms with E-state index in [9.17, 15) is 72.9 Å². The number of aliphatic imine (C=N–C) groups is 1. The van der Waals surface area contributed by atoms with Gasteiger partial charge in [0, 0.05) is 94.4 Å². The normalized spacial score (nSPS) is 16.6. The first kappa shape index (κ1) is 71.2. The number of guanidine groups is 1. The number of phenols is 1. The van der Waals surface area contributed by atoms with E-state index < -0.39 is 163 Å². The number of aromatic amines is 1. The van der Waals surface area contributed by atoms with E-state index in [1.807, 2.05) is 24.3 Å². The van der Waals surface area contributed by atoms with E-state index in [1.165, 1.54) is 45.2 Å². The van der Waals surface area contributed by atoms with Crippen LogP contribution in [-0.4, -0.2) is 147 Å². The maximum Gasteiger partial charge on any atom is 0.303 e. The summed E-state index contributed by atoms with van der Waals surface area (Å²) in [7, 11) is 1.51. The lowest BCUT2D eigenvalue weighted by Crippen LogP contribution is -2.50. The molecule has 2 aliphatic carbocycles. The Morgan fingerprint density at radius 2 is 1.21 bits per heavy atom. The molecule has 0 radical (unpaired) electrons. The number of H-pyrrole nitrogens is 1. The molecule has 5 rings (SSSR count). The fourth-order valence-electron chi connectivity index (χ4n) is 11.3. The van der Waals surface area contributed by atoms with Crippen LogP contribution in [-0.2, 0) is 70.4 Å². The molecule has 16 N–H and O–H groups in total. The molecule has 26 heteroatoms. The number of aliphatic hydroxyl groups excluding tert-OH is 1. The van der Waals surface area contributed by atoms with Gasteiger partial charge in [-0.15, -0.1) is 0 Å². The Morgan fingerprint density at radius 3 is 1.81 bits per heavy atom. The van der Waals surface area contributed by atoms with Gasteiger partial charge >= 0.3 is 5.97 Å².